The van der Waals surface area contributed by atoms with E-state index in [0.717, 1.165) is 40.3 Å². The second kappa shape index (κ2) is 5.28. The van der Waals surface area contributed by atoms with Crippen LogP contribution in [-0.2, 0) is 6.42 Å². The third-order valence-corrected chi connectivity index (χ3v) is 4.78. The van der Waals surface area contributed by atoms with E-state index in [1.165, 1.54) is 11.1 Å². The minimum absolute atomic E-state index is 0.0718. The van der Waals surface area contributed by atoms with E-state index in [1.54, 1.807) is 12.4 Å². The van der Waals surface area contributed by atoms with Gasteiger partial charge in [0, 0.05) is 34.9 Å². The van der Waals surface area contributed by atoms with Crippen LogP contribution in [0.25, 0.3) is 10.8 Å². The second-order valence-corrected chi connectivity index (χ2v) is 6.24. The van der Waals surface area contributed by atoms with Crippen LogP contribution in [-0.4, -0.2) is 10.8 Å². The number of fused-ring (bicyclic) bond motifs is 2. The van der Waals surface area contributed by atoms with E-state index in [1.807, 2.05) is 37.3 Å². The topological polar surface area (TPSA) is 56.0 Å². The molecule has 1 aliphatic rings. The van der Waals surface area contributed by atoms with E-state index in [-0.39, 0.29) is 11.8 Å². The molecule has 2 N–H and O–H groups in total. The zero-order valence-electron chi connectivity index (χ0n) is 13.0. The average molecular weight is 302 g/mol. The van der Waals surface area contributed by atoms with Crippen molar-refractivity contribution < 1.29 is 4.79 Å². The number of rotatable bonds is 2. The smallest absolute Gasteiger partial charge is 0.193 e. The molecule has 1 aliphatic carbocycles. The van der Waals surface area contributed by atoms with Crippen molar-refractivity contribution in [1.82, 2.24) is 4.98 Å². The van der Waals surface area contributed by atoms with Gasteiger partial charge in [-0.15, -0.1) is 0 Å². The Hall–Kier alpha value is -2.52. The predicted octanol–water partition coefficient (Wildman–Crippen LogP) is 3.72. The first kappa shape index (κ1) is 14.1. The maximum absolute atomic E-state index is 13.1. The Kier molecular flexibility index (Phi) is 3.24. The Labute approximate surface area is 135 Å². The van der Waals surface area contributed by atoms with Gasteiger partial charge in [0.1, 0.15) is 0 Å². The highest BCUT2D eigenvalue weighted by atomic mass is 16.1. The van der Waals surface area contributed by atoms with Gasteiger partial charge in [0.25, 0.3) is 0 Å². The van der Waals surface area contributed by atoms with Gasteiger partial charge < -0.3 is 5.73 Å². The number of carbonyl (C=O) groups is 1. The Morgan fingerprint density at radius 1 is 1.22 bits per heavy atom. The summed E-state index contributed by atoms with van der Waals surface area (Å²) in [5, 5.41) is 1.93. The summed E-state index contributed by atoms with van der Waals surface area (Å²) < 4.78 is 0. The molecule has 3 nitrogen and oxygen atoms in total. The summed E-state index contributed by atoms with van der Waals surface area (Å²) >= 11 is 0. The first-order valence-corrected chi connectivity index (χ1v) is 7.91. The Bertz CT molecular complexity index is 925. The second-order valence-electron chi connectivity index (χ2n) is 6.24. The first-order chi connectivity index (χ1) is 11.1. The van der Waals surface area contributed by atoms with E-state index in [9.17, 15) is 4.79 Å². The van der Waals surface area contributed by atoms with Crippen LogP contribution in [0.1, 0.15) is 45.1 Å². The van der Waals surface area contributed by atoms with Crippen LogP contribution in [0.2, 0.25) is 0 Å². The molecule has 0 radical (unpaired) electrons. The Balaban J connectivity index is 1.86. The fraction of sp³-hybridized carbons (Fsp3) is 0.200. The van der Waals surface area contributed by atoms with Crippen LogP contribution < -0.4 is 5.73 Å². The largest absolute Gasteiger partial charge is 0.324 e. The number of aryl methyl sites for hydroxylation is 2. The standard InChI is InChI=1S/C20H18N2O/c1-12-9-18-13(5-6-19(18)21)10-17(12)20(23)16-4-2-3-14-11-22-8-7-15(14)16/h2-4,7-11,19H,5-6,21H2,1H3. The summed E-state index contributed by atoms with van der Waals surface area (Å²) in [5.41, 5.74) is 11.1. The van der Waals surface area contributed by atoms with Crippen molar-refractivity contribution in [2.75, 3.05) is 0 Å². The summed E-state index contributed by atoms with van der Waals surface area (Å²) in [6.45, 7) is 1.99. The van der Waals surface area contributed by atoms with Crippen molar-refractivity contribution in [3.05, 3.63) is 76.6 Å². The van der Waals surface area contributed by atoms with Gasteiger partial charge in [-0.25, -0.2) is 0 Å². The highest BCUT2D eigenvalue weighted by Gasteiger charge is 2.23. The van der Waals surface area contributed by atoms with Gasteiger partial charge in [0.05, 0.1) is 0 Å². The van der Waals surface area contributed by atoms with E-state index in [2.05, 4.69) is 11.1 Å². The molecule has 0 bridgehead atoms. The SMILES string of the molecule is Cc1cc2c(cc1C(=O)c1cccc3cnccc13)CCC2N. The number of ketones is 1. The summed E-state index contributed by atoms with van der Waals surface area (Å²) in [6, 6.07) is 11.9. The molecule has 0 spiro atoms. The van der Waals surface area contributed by atoms with Crippen molar-refractivity contribution >= 4 is 16.6 Å². The van der Waals surface area contributed by atoms with Gasteiger partial charge in [0.2, 0.25) is 0 Å². The lowest BCUT2D eigenvalue weighted by Crippen LogP contribution is -2.09. The molecule has 0 aliphatic heterocycles. The molecule has 0 saturated carbocycles. The number of hydrogen-bond donors (Lipinski definition) is 1. The van der Waals surface area contributed by atoms with E-state index in [4.69, 9.17) is 5.73 Å². The highest BCUT2D eigenvalue weighted by molar-refractivity contribution is 6.17. The number of benzene rings is 2. The number of hydrogen-bond acceptors (Lipinski definition) is 3. The zero-order chi connectivity index (χ0) is 16.0. The monoisotopic (exact) mass is 302 g/mol. The number of pyridine rings is 1. The van der Waals surface area contributed by atoms with Crippen molar-refractivity contribution in [1.29, 1.82) is 0 Å². The zero-order valence-corrected chi connectivity index (χ0v) is 13.0. The Morgan fingerprint density at radius 2 is 2.09 bits per heavy atom. The molecule has 1 unspecified atom stereocenters. The molecular formula is C20H18N2O. The highest BCUT2D eigenvalue weighted by Crippen LogP contribution is 2.32. The first-order valence-electron chi connectivity index (χ1n) is 7.91. The van der Waals surface area contributed by atoms with Crippen LogP contribution >= 0.6 is 0 Å². The molecule has 4 rings (SSSR count). The molecule has 0 saturated heterocycles. The van der Waals surface area contributed by atoms with Crippen molar-refractivity contribution in [3.8, 4) is 0 Å². The molecule has 2 aromatic carbocycles. The lowest BCUT2D eigenvalue weighted by Gasteiger charge is -2.12. The molecule has 1 atom stereocenters. The summed E-state index contributed by atoms with van der Waals surface area (Å²) in [5.74, 6) is 0.0718. The van der Waals surface area contributed by atoms with Crippen molar-refractivity contribution in [2.24, 2.45) is 5.73 Å². The van der Waals surface area contributed by atoms with Gasteiger partial charge in [-0.2, -0.15) is 0 Å². The molecule has 0 amide bonds. The predicted molar refractivity (Wildman–Crippen MR) is 91.6 cm³/mol. The molecule has 3 aromatic rings. The molecule has 114 valence electrons. The maximum Gasteiger partial charge on any atom is 0.193 e. The molecule has 0 fully saturated rings. The number of carbonyl (C=O) groups excluding carboxylic acids is 1. The molecular weight excluding hydrogens is 284 g/mol. The third kappa shape index (κ3) is 2.25. The number of nitrogens with zero attached hydrogens (tertiary/aromatic N) is 1. The quantitative estimate of drug-likeness (QED) is 0.734. The summed E-state index contributed by atoms with van der Waals surface area (Å²) in [7, 11) is 0. The van der Waals surface area contributed by atoms with E-state index in [0.29, 0.717) is 0 Å². The van der Waals surface area contributed by atoms with Crippen LogP contribution in [0, 0.1) is 6.92 Å². The number of aromatic nitrogens is 1. The lowest BCUT2D eigenvalue weighted by atomic mass is 9.92. The summed E-state index contributed by atoms with van der Waals surface area (Å²) in [6.07, 6.45) is 5.44. The molecule has 1 aromatic heterocycles. The van der Waals surface area contributed by atoms with Crippen LogP contribution in [0.4, 0.5) is 0 Å². The van der Waals surface area contributed by atoms with E-state index < -0.39 is 0 Å². The minimum Gasteiger partial charge on any atom is -0.324 e. The molecule has 3 heteroatoms. The minimum atomic E-state index is 0.0718. The van der Waals surface area contributed by atoms with Crippen molar-refractivity contribution in [2.45, 2.75) is 25.8 Å². The van der Waals surface area contributed by atoms with Gasteiger partial charge in [0.15, 0.2) is 5.78 Å². The van der Waals surface area contributed by atoms with E-state index >= 15 is 0 Å². The van der Waals surface area contributed by atoms with Gasteiger partial charge in [-0.1, -0.05) is 24.3 Å². The van der Waals surface area contributed by atoms with Gasteiger partial charge in [-0.3, -0.25) is 9.78 Å². The van der Waals surface area contributed by atoms with Gasteiger partial charge in [-0.05, 0) is 54.0 Å². The average Bonchev–Trinajstić information content (AvgIpc) is 2.93. The molecule has 23 heavy (non-hydrogen) atoms. The Morgan fingerprint density at radius 3 is 2.96 bits per heavy atom. The van der Waals surface area contributed by atoms with Gasteiger partial charge >= 0.3 is 0 Å². The van der Waals surface area contributed by atoms with Crippen LogP contribution in [0.5, 0.6) is 0 Å². The lowest BCUT2D eigenvalue weighted by molar-refractivity contribution is 0.103. The number of nitrogens with two attached hydrogens (primary N) is 1. The normalized spacial score (nSPS) is 16.5. The van der Waals surface area contributed by atoms with Crippen LogP contribution in [0.15, 0.2) is 48.8 Å². The summed E-state index contributed by atoms with van der Waals surface area (Å²) in [4.78, 5) is 17.2. The fourth-order valence-electron chi connectivity index (χ4n) is 3.51. The third-order valence-electron chi connectivity index (χ3n) is 4.78. The van der Waals surface area contributed by atoms with Crippen molar-refractivity contribution in [3.63, 3.8) is 0 Å². The molecule has 1 heterocycles. The fourth-order valence-corrected chi connectivity index (χ4v) is 3.51. The maximum atomic E-state index is 13.1. The van der Waals surface area contributed by atoms with Crippen LogP contribution in [0.3, 0.4) is 0 Å².